The van der Waals surface area contributed by atoms with Crippen molar-refractivity contribution in [2.75, 3.05) is 31.1 Å². The molecule has 0 unspecified atom stereocenters. The van der Waals surface area contributed by atoms with Crippen LogP contribution in [0.4, 0.5) is 5.82 Å². The van der Waals surface area contributed by atoms with Gasteiger partial charge in [0.15, 0.2) is 5.82 Å². The van der Waals surface area contributed by atoms with E-state index in [-0.39, 0.29) is 4.90 Å². The van der Waals surface area contributed by atoms with E-state index in [2.05, 4.69) is 21.2 Å². The maximum absolute atomic E-state index is 13.0. The summed E-state index contributed by atoms with van der Waals surface area (Å²) in [7, 11) is -3.56. The van der Waals surface area contributed by atoms with Crippen LogP contribution in [-0.4, -0.2) is 49.1 Å². The van der Waals surface area contributed by atoms with Gasteiger partial charge in [-0.05, 0) is 24.3 Å². The van der Waals surface area contributed by atoms with E-state index in [1.807, 2.05) is 48.5 Å². The quantitative estimate of drug-likeness (QED) is 0.446. The van der Waals surface area contributed by atoms with Crippen LogP contribution in [0.25, 0.3) is 22.0 Å². The van der Waals surface area contributed by atoms with Crippen LogP contribution in [0.3, 0.4) is 0 Å². The van der Waals surface area contributed by atoms with E-state index in [0.717, 1.165) is 27.8 Å². The second kappa shape index (κ2) is 8.50. The van der Waals surface area contributed by atoms with Gasteiger partial charge in [-0.25, -0.2) is 8.42 Å². The molecule has 0 aliphatic carbocycles. The maximum atomic E-state index is 13.0. The Balaban J connectivity index is 1.42. The second-order valence-electron chi connectivity index (χ2n) is 7.63. The minimum absolute atomic E-state index is 0.257. The molecule has 0 spiro atoms. The van der Waals surface area contributed by atoms with Crippen LogP contribution in [0, 0.1) is 0 Å². The van der Waals surface area contributed by atoms with E-state index in [9.17, 15) is 8.42 Å². The molecule has 1 aliphatic heterocycles. The van der Waals surface area contributed by atoms with E-state index in [1.54, 1.807) is 24.3 Å². The van der Waals surface area contributed by atoms with Gasteiger partial charge < -0.3 is 4.90 Å². The molecule has 1 aliphatic rings. The van der Waals surface area contributed by atoms with Crippen LogP contribution >= 0.6 is 11.6 Å². The van der Waals surface area contributed by atoms with Gasteiger partial charge in [0.05, 0.1) is 4.90 Å². The van der Waals surface area contributed by atoms with Gasteiger partial charge in [-0.3, -0.25) is 0 Å². The largest absolute Gasteiger partial charge is 0.352 e. The number of hydrogen-bond donors (Lipinski definition) is 0. The SMILES string of the molecule is O=S(=O)(c1ccc(Cl)cc1)N1CCN(c2nnc(-c3ccccc3)c3ccccc23)CC1. The third kappa shape index (κ3) is 3.83. The van der Waals surface area contributed by atoms with Crippen LogP contribution < -0.4 is 4.90 Å². The fourth-order valence-electron chi connectivity index (χ4n) is 4.03. The molecule has 5 rings (SSSR count). The zero-order chi connectivity index (χ0) is 22.1. The molecule has 0 atom stereocenters. The summed E-state index contributed by atoms with van der Waals surface area (Å²) in [4.78, 5) is 2.37. The first-order chi connectivity index (χ1) is 15.5. The molecule has 3 aromatic carbocycles. The van der Waals surface area contributed by atoms with Gasteiger partial charge in [0.1, 0.15) is 5.69 Å². The molecular weight excluding hydrogens is 444 g/mol. The Morgan fingerprint density at radius 1 is 0.719 bits per heavy atom. The number of rotatable bonds is 4. The summed E-state index contributed by atoms with van der Waals surface area (Å²) in [6.45, 7) is 1.83. The maximum Gasteiger partial charge on any atom is 0.243 e. The molecular formula is C24H21ClN4O2S. The average molecular weight is 465 g/mol. The van der Waals surface area contributed by atoms with Gasteiger partial charge >= 0.3 is 0 Å². The van der Waals surface area contributed by atoms with Gasteiger partial charge in [0.2, 0.25) is 10.0 Å². The molecule has 1 fully saturated rings. The van der Waals surface area contributed by atoms with E-state index in [4.69, 9.17) is 11.6 Å². The molecule has 32 heavy (non-hydrogen) atoms. The fourth-order valence-corrected chi connectivity index (χ4v) is 5.58. The Kier molecular flexibility index (Phi) is 5.55. The third-order valence-electron chi connectivity index (χ3n) is 5.70. The average Bonchev–Trinajstić information content (AvgIpc) is 2.84. The topological polar surface area (TPSA) is 66.4 Å². The number of anilines is 1. The first kappa shape index (κ1) is 20.9. The highest BCUT2D eigenvalue weighted by atomic mass is 35.5. The highest BCUT2D eigenvalue weighted by Gasteiger charge is 2.29. The zero-order valence-electron chi connectivity index (χ0n) is 17.2. The fraction of sp³-hybridized carbons (Fsp3) is 0.167. The molecule has 6 nitrogen and oxygen atoms in total. The molecule has 1 aromatic heterocycles. The van der Waals surface area contributed by atoms with E-state index in [1.165, 1.54) is 4.31 Å². The van der Waals surface area contributed by atoms with Gasteiger partial charge in [-0.2, -0.15) is 4.31 Å². The van der Waals surface area contributed by atoms with Crippen molar-refractivity contribution in [1.29, 1.82) is 0 Å². The van der Waals surface area contributed by atoms with E-state index >= 15 is 0 Å². The lowest BCUT2D eigenvalue weighted by atomic mass is 10.0. The number of piperazine rings is 1. The zero-order valence-corrected chi connectivity index (χ0v) is 18.8. The number of fused-ring (bicyclic) bond motifs is 1. The normalized spacial score (nSPS) is 15.2. The summed E-state index contributed by atoms with van der Waals surface area (Å²) in [6.07, 6.45) is 0. The summed E-state index contributed by atoms with van der Waals surface area (Å²) >= 11 is 5.90. The highest BCUT2D eigenvalue weighted by Crippen LogP contribution is 2.32. The lowest BCUT2D eigenvalue weighted by molar-refractivity contribution is 0.384. The molecule has 8 heteroatoms. The van der Waals surface area contributed by atoms with Gasteiger partial charge in [0.25, 0.3) is 0 Å². The van der Waals surface area contributed by atoms with Crippen molar-refractivity contribution in [3.8, 4) is 11.3 Å². The lowest BCUT2D eigenvalue weighted by Crippen LogP contribution is -2.49. The Hall–Kier alpha value is -3.00. The van der Waals surface area contributed by atoms with Crippen LogP contribution in [0.5, 0.6) is 0 Å². The standard InChI is InChI=1S/C24H21ClN4O2S/c25-19-10-12-20(13-11-19)32(30,31)29-16-14-28(15-17-29)24-22-9-5-4-8-21(22)23(26-27-24)18-6-2-1-3-7-18/h1-13H,14-17H2. The summed E-state index contributed by atoms with van der Waals surface area (Å²) in [5.41, 5.74) is 1.86. The third-order valence-corrected chi connectivity index (χ3v) is 7.87. The monoisotopic (exact) mass is 464 g/mol. The Bertz CT molecular complexity index is 1350. The molecule has 4 aromatic rings. The predicted octanol–water partition coefficient (Wildman–Crippen LogP) is 4.46. The Morgan fingerprint density at radius 2 is 1.34 bits per heavy atom. The van der Waals surface area contributed by atoms with Crippen LogP contribution in [0.2, 0.25) is 5.02 Å². The van der Waals surface area contributed by atoms with Gasteiger partial charge in [-0.1, -0.05) is 66.2 Å². The molecule has 2 heterocycles. The summed E-state index contributed by atoms with van der Waals surface area (Å²) < 4.78 is 27.5. The van der Waals surface area contributed by atoms with E-state index in [0.29, 0.717) is 31.2 Å². The van der Waals surface area contributed by atoms with Crippen LogP contribution in [0.15, 0.2) is 83.8 Å². The number of hydrogen-bond acceptors (Lipinski definition) is 5. The van der Waals surface area contributed by atoms with Crippen molar-refractivity contribution in [2.24, 2.45) is 0 Å². The van der Waals surface area contributed by atoms with Gasteiger partial charge in [0, 0.05) is 47.5 Å². The molecule has 0 N–H and O–H groups in total. The van der Waals surface area contributed by atoms with Gasteiger partial charge in [-0.15, -0.1) is 10.2 Å². The lowest BCUT2D eigenvalue weighted by Gasteiger charge is -2.35. The van der Waals surface area contributed by atoms with Crippen molar-refractivity contribution in [3.05, 3.63) is 83.9 Å². The minimum atomic E-state index is -3.56. The summed E-state index contributed by atoms with van der Waals surface area (Å²) in [6, 6.07) is 24.4. The number of aromatic nitrogens is 2. The number of halogens is 1. The second-order valence-corrected chi connectivity index (χ2v) is 10.0. The number of sulfonamides is 1. The summed E-state index contributed by atoms with van der Waals surface area (Å²) in [5, 5.41) is 11.6. The molecule has 0 saturated carbocycles. The molecule has 0 amide bonds. The molecule has 0 bridgehead atoms. The van der Waals surface area contributed by atoms with Crippen molar-refractivity contribution in [1.82, 2.24) is 14.5 Å². The molecule has 0 radical (unpaired) electrons. The van der Waals surface area contributed by atoms with Crippen molar-refractivity contribution in [2.45, 2.75) is 4.90 Å². The minimum Gasteiger partial charge on any atom is -0.352 e. The van der Waals surface area contributed by atoms with Crippen molar-refractivity contribution in [3.63, 3.8) is 0 Å². The highest BCUT2D eigenvalue weighted by molar-refractivity contribution is 7.89. The first-order valence-electron chi connectivity index (χ1n) is 10.4. The van der Waals surface area contributed by atoms with E-state index < -0.39 is 10.0 Å². The van der Waals surface area contributed by atoms with Crippen molar-refractivity contribution >= 4 is 38.2 Å². The Morgan fingerprint density at radius 3 is 2.03 bits per heavy atom. The van der Waals surface area contributed by atoms with Crippen LogP contribution in [-0.2, 0) is 10.0 Å². The summed E-state index contributed by atoms with van der Waals surface area (Å²) in [5.74, 6) is 0.781. The Labute approximate surface area is 192 Å². The number of benzene rings is 3. The molecule has 162 valence electrons. The van der Waals surface area contributed by atoms with Crippen molar-refractivity contribution < 1.29 is 8.42 Å². The number of nitrogens with zero attached hydrogens (tertiary/aromatic N) is 4. The first-order valence-corrected chi connectivity index (χ1v) is 12.2. The molecule has 1 saturated heterocycles. The smallest absolute Gasteiger partial charge is 0.243 e. The predicted molar refractivity (Wildman–Crippen MR) is 127 cm³/mol. The van der Waals surface area contributed by atoms with Crippen LogP contribution in [0.1, 0.15) is 0 Å².